The molecule has 1 fully saturated rings. The zero-order valence-electron chi connectivity index (χ0n) is 16.9. The molecule has 4 rings (SSSR count). The van der Waals surface area contributed by atoms with E-state index < -0.39 is 41.4 Å². The smallest absolute Gasteiger partial charge is 0.392 e. The van der Waals surface area contributed by atoms with Gasteiger partial charge in [0.15, 0.2) is 0 Å². The van der Waals surface area contributed by atoms with Crippen molar-refractivity contribution in [1.29, 1.82) is 0 Å². The highest BCUT2D eigenvalue weighted by atomic mass is 19.4. The number of alkyl halides is 3. The van der Waals surface area contributed by atoms with Gasteiger partial charge in [-0.05, 0) is 47.5 Å². The summed E-state index contributed by atoms with van der Waals surface area (Å²) in [5, 5.41) is 12.2. The van der Waals surface area contributed by atoms with Crippen molar-refractivity contribution >= 4 is 11.6 Å². The zero-order chi connectivity index (χ0) is 23.8. The Morgan fingerprint density at radius 2 is 1.76 bits per heavy atom. The molecule has 2 aromatic carbocycles. The summed E-state index contributed by atoms with van der Waals surface area (Å²) in [6, 6.07) is 9.72. The van der Waals surface area contributed by atoms with Crippen LogP contribution in [0, 0.1) is 11.6 Å². The van der Waals surface area contributed by atoms with Crippen LogP contribution in [0.4, 0.5) is 27.6 Å². The number of carbonyl (C=O) groups is 1. The molecule has 2 heterocycles. The van der Waals surface area contributed by atoms with Crippen molar-refractivity contribution in [2.45, 2.75) is 18.2 Å². The molecule has 10 heteroatoms. The average Bonchev–Trinajstić information content (AvgIpc) is 2.74. The van der Waals surface area contributed by atoms with Gasteiger partial charge in [-0.2, -0.15) is 13.2 Å². The highest BCUT2D eigenvalue weighted by molar-refractivity contribution is 6.00. The Morgan fingerprint density at radius 1 is 1.06 bits per heavy atom. The number of halogens is 5. The minimum Gasteiger partial charge on any atom is -0.392 e. The lowest BCUT2D eigenvalue weighted by Gasteiger charge is -2.40. The predicted molar refractivity (Wildman–Crippen MR) is 108 cm³/mol. The fraction of sp³-hybridized carbons (Fsp3) is 0.217. The van der Waals surface area contributed by atoms with Crippen LogP contribution in [0.15, 0.2) is 54.7 Å². The number of rotatable bonds is 5. The SMILES string of the molecule is O=C(Nc1ccc(F)cc1)C1(c2ccc(-c3cnc(C(F)(F)F)cc3CO)c(F)c2)COC1. The predicted octanol–water partition coefficient (Wildman–Crippen LogP) is 4.44. The number of pyridine rings is 1. The summed E-state index contributed by atoms with van der Waals surface area (Å²) < 4.78 is 72.1. The summed E-state index contributed by atoms with van der Waals surface area (Å²) in [5.41, 5.74) is -1.93. The first-order chi connectivity index (χ1) is 15.6. The van der Waals surface area contributed by atoms with Crippen LogP contribution in [0.2, 0.25) is 0 Å². The van der Waals surface area contributed by atoms with Crippen LogP contribution in [0.5, 0.6) is 0 Å². The molecule has 1 aliphatic rings. The molecule has 5 nitrogen and oxygen atoms in total. The maximum atomic E-state index is 15.1. The van der Waals surface area contributed by atoms with Crippen LogP contribution in [0.25, 0.3) is 11.1 Å². The van der Waals surface area contributed by atoms with Crippen LogP contribution in [-0.2, 0) is 27.7 Å². The summed E-state index contributed by atoms with van der Waals surface area (Å²) in [6.45, 7) is -0.773. The first-order valence-electron chi connectivity index (χ1n) is 9.76. The lowest BCUT2D eigenvalue weighted by Crippen LogP contribution is -2.55. The number of aliphatic hydroxyl groups excluding tert-OH is 1. The largest absolute Gasteiger partial charge is 0.433 e. The van der Waals surface area contributed by atoms with Crippen molar-refractivity contribution in [1.82, 2.24) is 4.98 Å². The van der Waals surface area contributed by atoms with Gasteiger partial charge < -0.3 is 15.2 Å². The molecule has 0 aliphatic carbocycles. The fourth-order valence-corrected chi connectivity index (χ4v) is 3.58. The monoisotopic (exact) mass is 464 g/mol. The average molecular weight is 464 g/mol. The van der Waals surface area contributed by atoms with E-state index in [0.717, 1.165) is 12.3 Å². The lowest BCUT2D eigenvalue weighted by molar-refractivity contribution is -0.141. The van der Waals surface area contributed by atoms with Gasteiger partial charge in [-0.15, -0.1) is 0 Å². The van der Waals surface area contributed by atoms with Gasteiger partial charge in [0, 0.05) is 23.0 Å². The number of hydrogen-bond acceptors (Lipinski definition) is 4. The number of nitrogens with zero attached hydrogens (tertiary/aromatic N) is 1. The molecule has 0 unspecified atom stereocenters. The number of amides is 1. The van der Waals surface area contributed by atoms with Crippen LogP contribution in [0.3, 0.4) is 0 Å². The molecular formula is C23H17F5N2O3. The number of aliphatic hydroxyl groups is 1. The van der Waals surface area contributed by atoms with E-state index in [1.165, 1.54) is 36.4 Å². The topological polar surface area (TPSA) is 71.5 Å². The number of anilines is 1. The van der Waals surface area contributed by atoms with E-state index in [2.05, 4.69) is 10.3 Å². The standard InChI is InChI=1S/C23H17F5N2O3/c24-15-2-4-16(5-3-15)30-21(32)22(11-33-12-22)14-1-6-17(19(25)8-14)18-9-29-20(23(26,27)28)7-13(18)10-31/h1-9,31H,10-12H2,(H,30,32). The second-order valence-electron chi connectivity index (χ2n) is 7.61. The van der Waals surface area contributed by atoms with Crippen molar-refractivity contribution in [2.75, 3.05) is 18.5 Å². The molecule has 0 radical (unpaired) electrons. The van der Waals surface area contributed by atoms with Crippen LogP contribution >= 0.6 is 0 Å². The second-order valence-corrected chi connectivity index (χ2v) is 7.61. The molecule has 1 amide bonds. The Hall–Kier alpha value is -3.37. The number of aromatic nitrogens is 1. The molecule has 0 saturated carbocycles. The quantitative estimate of drug-likeness (QED) is 0.548. The third-order valence-electron chi connectivity index (χ3n) is 5.50. The molecule has 0 atom stereocenters. The number of benzene rings is 2. The third kappa shape index (κ3) is 4.31. The van der Waals surface area contributed by atoms with Gasteiger partial charge in [0.1, 0.15) is 22.7 Å². The Bertz CT molecular complexity index is 1190. The van der Waals surface area contributed by atoms with Gasteiger partial charge in [-0.3, -0.25) is 9.78 Å². The zero-order valence-corrected chi connectivity index (χ0v) is 16.9. The summed E-state index contributed by atoms with van der Waals surface area (Å²) >= 11 is 0. The minimum absolute atomic E-state index is 0.00391. The van der Waals surface area contributed by atoms with Gasteiger partial charge in [0.05, 0.1) is 19.8 Å². The Labute approximate surface area is 184 Å². The maximum absolute atomic E-state index is 15.1. The molecule has 172 valence electrons. The number of hydrogen-bond donors (Lipinski definition) is 2. The molecule has 1 aliphatic heterocycles. The number of ether oxygens (including phenoxy) is 1. The highest BCUT2D eigenvalue weighted by Crippen LogP contribution is 2.37. The van der Waals surface area contributed by atoms with Gasteiger partial charge in [-0.1, -0.05) is 12.1 Å². The molecule has 1 saturated heterocycles. The van der Waals surface area contributed by atoms with Gasteiger partial charge in [-0.25, -0.2) is 8.78 Å². The Morgan fingerprint density at radius 3 is 2.30 bits per heavy atom. The second kappa shape index (κ2) is 8.53. The van der Waals surface area contributed by atoms with E-state index in [9.17, 15) is 27.5 Å². The molecule has 33 heavy (non-hydrogen) atoms. The summed E-state index contributed by atoms with van der Waals surface area (Å²) in [5.74, 6) is -1.74. The molecule has 0 spiro atoms. The van der Waals surface area contributed by atoms with Crippen molar-refractivity contribution in [3.8, 4) is 11.1 Å². The van der Waals surface area contributed by atoms with Crippen molar-refractivity contribution in [3.63, 3.8) is 0 Å². The summed E-state index contributed by atoms with van der Waals surface area (Å²) in [4.78, 5) is 16.3. The van der Waals surface area contributed by atoms with Crippen LogP contribution in [-0.4, -0.2) is 29.2 Å². The van der Waals surface area contributed by atoms with Gasteiger partial charge in [0.2, 0.25) is 5.91 Å². The van der Waals surface area contributed by atoms with Crippen molar-refractivity contribution in [3.05, 3.63) is 83.2 Å². The summed E-state index contributed by atoms with van der Waals surface area (Å²) in [7, 11) is 0. The van der Waals surface area contributed by atoms with Gasteiger partial charge in [0.25, 0.3) is 0 Å². The Balaban J connectivity index is 1.65. The molecule has 1 aromatic heterocycles. The molecule has 0 bridgehead atoms. The molecule has 2 N–H and O–H groups in total. The van der Waals surface area contributed by atoms with E-state index in [4.69, 9.17) is 4.74 Å². The highest BCUT2D eigenvalue weighted by Gasteiger charge is 2.48. The van der Waals surface area contributed by atoms with E-state index >= 15 is 4.39 Å². The van der Waals surface area contributed by atoms with Crippen LogP contribution < -0.4 is 5.32 Å². The van der Waals surface area contributed by atoms with E-state index in [1.807, 2.05) is 0 Å². The summed E-state index contributed by atoms with van der Waals surface area (Å²) in [6.07, 6.45) is -3.85. The lowest BCUT2D eigenvalue weighted by atomic mass is 9.77. The fourth-order valence-electron chi connectivity index (χ4n) is 3.58. The third-order valence-corrected chi connectivity index (χ3v) is 5.50. The minimum atomic E-state index is -4.71. The number of carbonyl (C=O) groups excluding carboxylic acids is 1. The first-order valence-corrected chi connectivity index (χ1v) is 9.76. The van der Waals surface area contributed by atoms with E-state index in [0.29, 0.717) is 17.3 Å². The van der Waals surface area contributed by atoms with Crippen molar-refractivity contribution < 1.29 is 36.6 Å². The van der Waals surface area contributed by atoms with E-state index in [-0.39, 0.29) is 29.9 Å². The molecule has 3 aromatic rings. The molecular weight excluding hydrogens is 447 g/mol. The first kappa shape index (κ1) is 22.8. The van der Waals surface area contributed by atoms with Crippen molar-refractivity contribution in [2.24, 2.45) is 0 Å². The van der Waals surface area contributed by atoms with Crippen LogP contribution in [0.1, 0.15) is 16.8 Å². The maximum Gasteiger partial charge on any atom is 0.433 e. The normalized spacial score (nSPS) is 15.1. The Kier molecular flexibility index (Phi) is 5.89. The van der Waals surface area contributed by atoms with Gasteiger partial charge >= 0.3 is 6.18 Å². The van der Waals surface area contributed by atoms with E-state index in [1.54, 1.807) is 0 Å². The number of nitrogens with one attached hydrogen (secondary N) is 1.